The molecule has 0 spiro atoms. The number of carbonyl (C=O) groups excluding carboxylic acids is 1. The molecule has 0 atom stereocenters. The van der Waals surface area contributed by atoms with Gasteiger partial charge in [0.15, 0.2) is 5.01 Å². The van der Waals surface area contributed by atoms with Crippen LogP contribution in [0.25, 0.3) is 0 Å². The third-order valence-corrected chi connectivity index (χ3v) is 5.79. The van der Waals surface area contributed by atoms with E-state index < -0.39 is 0 Å². The Labute approximate surface area is 145 Å². The van der Waals surface area contributed by atoms with Crippen molar-refractivity contribution in [2.75, 3.05) is 31.1 Å². The summed E-state index contributed by atoms with van der Waals surface area (Å²) in [5.41, 5.74) is 1.16. The van der Waals surface area contributed by atoms with E-state index >= 15 is 0 Å². The number of amides is 1. The molecule has 1 fully saturated rings. The lowest BCUT2D eigenvalue weighted by atomic mass is 10.0. The van der Waals surface area contributed by atoms with Gasteiger partial charge < -0.3 is 9.80 Å². The van der Waals surface area contributed by atoms with Crippen LogP contribution >= 0.6 is 11.3 Å². The van der Waals surface area contributed by atoms with Crippen LogP contribution in [0.1, 0.15) is 39.6 Å². The zero-order valence-corrected chi connectivity index (χ0v) is 14.5. The van der Waals surface area contributed by atoms with E-state index in [1.54, 1.807) is 23.7 Å². The summed E-state index contributed by atoms with van der Waals surface area (Å²) in [5, 5.41) is 0.673. The minimum atomic E-state index is 0.0882. The first kappa shape index (κ1) is 15.5. The van der Waals surface area contributed by atoms with Gasteiger partial charge in [-0.2, -0.15) is 0 Å². The molecule has 0 unspecified atom stereocenters. The Morgan fingerprint density at radius 3 is 2.67 bits per heavy atom. The third kappa shape index (κ3) is 3.13. The van der Waals surface area contributed by atoms with Gasteiger partial charge in [0.05, 0.1) is 5.69 Å². The molecule has 2 aromatic heterocycles. The molecule has 0 saturated carbocycles. The first-order chi connectivity index (χ1) is 11.8. The van der Waals surface area contributed by atoms with Crippen LogP contribution in [-0.2, 0) is 12.8 Å². The molecule has 1 aliphatic carbocycles. The molecule has 1 aliphatic heterocycles. The van der Waals surface area contributed by atoms with Gasteiger partial charge in [0.25, 0.3) is 5.91 Å². The quantitative estimate of drug-likeness (QED) is 0.836. The topological polar surface area (TPSA) is 62.2 Å². The van der Waals surface area contributed by atoms with Crippen molar-refractivity contribution in [2.45, 2.75) is 32.1 Å². The van der Waals surface area contributed by atoms with Gasteiger partial charge in [-0.3, -0.25) is 4.79 Å². The van der Waals surface area contributed by atoms with Crippen molar-refractivity contribution >= 4 is 23.2 Å². The average Bonchev–Trinajstić information content (AvgIpc) is 2.91. The monoisotopic (exact) mass is 343 g/mol. The second-order valence-corrected chi connectivity index (χ2v) is 7.36. The predicted octanol–water partition coefficient (Wildman–Crippen LogP) is 2.16. The molecule has 6 nitrogen and oxygen atoms in total. The van der Waals surface area contributed by atoms with Crippen molar-refractivity contribution in [1.29, 1.82) is 0 Å². The van der Waals surface area contributed by atoms with Crippen LogP contribution in [0, 0.1) is 0 Å². The molecule has 1 saturated heterocycles. The maximum Gasteiger partial charge on any atom is 0.282 e. The van der Waals surface area contributed by atoms with E-state index in [4.69, 9.17) is 0 Å². The van der Waals surface area contributed by atoms with Crippen molar-refractivity contribution < 1.29 is 4.79 Å². The number of aromatic nitrogens is 3. The highest BCUT2D eigenvalue weighted by atomic mass is 32.1. The van der Waals surface area contributed by atoms with Gasteiger partial charge in [-0.05, 0) is 38.2 Å². The van der Waals surface area contributed by atoms with E-state index in [2.05, 4.69) is 19.9 Å². The Hall–Kier alpha value is -2.02. The van der Waals surface area contributed by atoms with Crippen molar-refractivity contribution in [1.82, 2.24) is 19.9 Å². The fourth-order valence-corrected chi connectivity index (χ4v) is 4.47. The number of carbonyl (C=O) groups is 1. The van der Waals surface area contributed by atoms with Crippen LogP contribution in [-0.4, -0.2) is 51.9 Å². The minimum Gasteiger partial charge on any atom is -0.339 e. The van der Waals surface area contributed by atoms with Crippen LogP contribution < -0.4 is 4.90 Å². The number of rotatable bonds is 2. The summed E-state index contributed by atoms with van der Waals surface area (Å²) >= 11 is 1.60. The molecule has 2 aromatic rings. The van der Waals surface area contributed by atoms with Gasteiger partial charge in [-0.1, -0.05) is 0 Å². The van der Waals surface area contributed by atoms with Crippen LogP contribution in [0.15, 0.2) is 18.5 Å². The van der Waals surface area contributed by atoms with Crippen molar-refractivity contribution in [3.05, 3.63) is 34.0 Å². The Bertz CT molecular complexity index is 694. The molecule has 0 aromatic carbocycles. The van der Waals surface area contributed by atoms with Crippen LogP contribution in [0.4, 0.5) is 5.95 Å². The molecule has 1 amide bonds. The normalized spacial score (nSPS) is 18.2. The van der Waals surface area contributed by atoms with Crippen molar-refractivity contribution in [3.8, 4) is 0 Å². The highest BCUT2D eigenvalue weighted by molar-refractivity contribution is 7.13. The van der Waals surface area contributed by atoms with Gasteiger partial charge >= 0.3 is 0 Å². The SMILES string of the molecule is O=C(c1nc2c(s1)CCCC2)N1CCCN(c2ncccn2)CC1. The largest absolute Gasteiger partial charge is 0.339 e. The first-order valence-electron chi connectivity index (χ1n) is 8.61. The molecule has 0 radical (unpaired) electrons. The molecule has 3 heterocycles. The predicted molar refractivity (Wildman–Crippen MR) is 93.5 cm³/mol. The summed E-state index contributed by atoms with van der Waals surface area (Å²) < 4.78 is 0. The molecule has 4 rings (SSSR count). The number of thiazole rings is 1. The van der Waals surface area contributed by atoms with E-state index in [-0.39, 0.29) is 5.91 Å². The molecule has 7 heteroatoms. The van der Waals surface area contributed by atoms with E-state index in [0.29, 0.717) is 11.6 Å². The molecule has 24 heavy (non-hydrogen) atoms. The van der Waals surface area contributed by atoms with Crippen molar-refractivity contribution in [2.24, 2.45) is 0 Å². The number of anilines is 1. The Morgan fingerprint density at radius 2 is 1.83 bits per heavy atom. The fourth-order valence-electron chi connectivity index (χ4n) is 3.35. The second kappa shape index (κ2) is 6.84. The maximum absolute atomic E-state index is 12.8. The zero-order valence-electron chi connectivity index (χ0n) is 13.6. The summed E-state index contributed by atoms with van der Waals surface area (Å²) in [6.07, 6.45) is 8.97. The van der Waals surface area contributed by atoms with E-state index in [1.807, 2.05) is 11.0 Å². The smallest absolute Gasteiger partial charge is 0.282 e. The highest BCUT2D eigenvalue weighted by Gasteiger charge is 2.25. The van der Waals surface area contributed by atoms with Gasteiger partial charge in [0, 0.05) is 43.4 Å². The minimum absolute atomic E-state index is 0.0882. The van der Waals surface area contributed by atoms with E-state index in [9.17, 15) is 4.79 Å². The molecule has 0 bridgehead atoms. The lowest BCUT2D eigenvalue weighted by molar-refractivity contribution is 0.0766. The molecular weight excluding hydrogens is 322 g/mol. The summed E-state index contributed by atoms with van der Waals surface area (Å²) in [7, 11) is 0. The fraction of sp³-hybridized carbons (Fsp3) is 0.529. The number of nitrogens with zero attached hydrogens (tertiary/aromatic N) is 5. The molecule has 2 aliphatic rings. The van der Waals surface area contributed by atoms with E-state index in [1.165, 1.54) is 17.7 Å². The summed E-state index contributed by atoms with van der Waals surface area (Å²) in [6.45, 7) is 3.11. The van der Waals surface area contributed by atoms with Crippen molar-refractivity contribution in [3.63, 3.8) is 0 Å². The third-order valence-electron chi connectivity index (χ3n) is 4.65. The number of fused-ring (bicyclic) bond motifs is 1. The standard InChI is InChI=1S/C17H21N5OS/c23-16(15-20-13-5-1-2-6-14(13)24-15)21-9-4-10-22(12-11-21)17-18-7-3-8-19-17/h3,7-8H,1-2,4-6,9-12H2. The Morgan fingerprint density at radius 1 is 1.00 bits per heavy atom. The summed E-state index contributed by atoms with van der Waals surface area (Å²) in [4.78, 5) is 31.5. The Kier molecular flexibility index (Phi) is 4.42. The average molecular weight is 343 g/mol. The van der Waals surface area contributed by atoms with Gasteiger partial charge in [0.1, 0.15) is 0 Å². The lowest BCUT2D eigenvalue weighted by Gasteiger charge is -2.21. The van der Waals surface area contributed by atoms with Gasteiger partial charge in [-0.25, -0.2) is 15.0 Å². The van der Waals surface area contributed by atoms with E-state index in [0.717, 1.165) is 50.5 Å². The Balaban J connectivity index is 1.45. The maximum atomic E-state index is 12.8. The van der Waals surface area contributed by atoms with Crippen LogP contribution in [0.3, 0.4) is 0 Å². The number of hydrogen-bond acceptors (Lipinski definition) is 6. The molecule has 126 valence electrons. The molecular formula is C17H21N5OS. The summed E-state index contributed by atoms with van der Waals surface area (Å²) in [6, 6.07) is 1.82. The van der Waals surface area contributed by atoms with Gasteiger partial charge in [-0.15, -0.1) is 11.3 Å². The number of aryl methyl sites for hydroxylation is 2. The van der Waals surface area contributed by atoms with Gasteiger partial charge in [0.2, 0.25) is 5.95 Å². The summed E-state index contributed by atoms with van der Waals surface area (Å²) in [5.74, 6) is 0.835. The number of hydrogen-bond donors (Lipinski definition) is 0. The first-order valence-corrected chi connectivity index (χ1v) is 9.43. The van der Waals surface area contributed by atoms with Crippen LogP contribution in [0.2, 0.25) is 0 Å². The zero-order chi connectivity index (χ0) is 16.4. The highest BCUT2D eigenvalue weighted by Crippen LogP contribution is 2.27. The van der Waals surface area contributed by atoms with Crippen LogP contribution in [0.5, 0.6) is 0 Å². The molecule has 0 N–H and O–H groups in total. The lowest BCUT2D eigenvalue weighted by Crippen LogP contribution is -2.35. The second-order valence-electron chi connectivity index (χ2n) is 6.28.